The van der Waals surface area contributed by atoms with Crippen LogP contribution < -0.4 is 4.74 Å². The number of hydrogen-bond acceptors (Lipinski definition) is 3. The summed E-state index contributed by atoms with van der Waals surface area (Å²) in [5.41, 5.74) is 2.30. The Morgan fingerprint density at radius 1 is 1.29 bits per heavy atom. The molecule has 0 aliphatic rings. The maximum absolute atomic E-state index is 11.0. The lowest BCUT2D eigenvalue weighted by atomic mass is 10.1. The van der Waals surface area contributed by atoms with Crippen molar-refractivity contribution in [2.75, 3.05) is 6.61 Å². The number of aromatic amines is 1. The van der Waals surface area contributed by atoms with Crippen molar-refractivity contribution in [2.24, 2.45) is 0 Å². The highest BCUT2D eigenvalue weighted by atomic mass is 16.5. The highest BCUT2D eigenvalue weighted by Gasteiger charge is 2.15. The number of benzene rings is 1. The minimum absolute atomic E-state index is 0.130. The Bertz CT molecular complexity index is 602. The van der Waals surface area contributed by atoms with Crippen molar-refractivity contribution in [1.82, 2.24) is 10.2 Å². The predicted octanol–water partition coefficient (Wildman–Crippen LogP) is 3.65. The second kappa shape index (κ2) is 6.92. The van der Waals surface area contributed by atoms with Gasteiger partial charge < -0.3 is 9.84 Å². The number of nitrogens with one attached hydrogen (secondary N) is 1. The first-order valence-electron chi connectivity index (χ1n) is 7.15. The van der Waals surface area contributed by atoms with Gasteiger partial charge in [0.1, 0.15) is 11.4 Å². The van der Waals surface area contributed by atoms with Gasteiger partial charge in [-0.25, -0.2) is 4.79 Å². The lowest BCUT2D eigenvalue weighted by molar-refractivity contribution is 0.0689. The lowest BCUT2D eigenvalue weighted by Crippen LogP contribution is -1.98. The number of hydrogen-bond donors (Lipinski definition) is 2. The van der Waals surface area contributed by atoms with E-state index in [-0.39, 0.29) is 5.69 Å². The molecule has 2 N–H and O–H groups in total. The predicted molar refractivity (Wildman–Crippen MR) is 80.7 cm³/mol. The van der Waals surface area contributed by atoms with Crippen molar-refractivity contribution in [1.29, 1.82) is 0 Å². The van der Waals surface area contributed by atoms with Crippen LogP contribution in [0.25, 0.3) is 11.3 Å². The first kappa shape index (κ1) is 15.1. The molecule has 1 aromatic carbocycles. The van der Waals surface area contributed by atoms with Crippen molar-refractivity contribution < 1.29 is 14.6 Å². The van der Waals surface area contributed by atoms with E-state index in [4.69, 9.17) is 9.84 Å². The number of nitrogens with zero attached hydrogens (tertiary/aromatic N) is 1. The zero-order valence-corrected chi connectivity index (χ0v) is 12.3. The van der Waals surface area contributed by atoms with Gasteiger partial charge in [0.15, 0.2) is 0 Å². The largest absolute Gasteiger partial charge is 0.494 e. The fourth-order valence-electron chi connectivity index (χ4n) is 2.14. The molecule has 2 rings (SSSR count). The molecule has 0 fully saturated rings. The molecule has 0 saturated carbocycles. The Labute approximate surface area is 124 Å². The molecule has 0 spiro atoms. The molecule has 112 valence electrons. The molecule has 0 radical (unpaired) electrons. The molecule has 0 atom stereocenters. The van der Waals surface area contributed by atoms with E-state index in [1.165, 1.54) is 12.8 Å². The summed E-state index contributed by atoms with van der Waals surface area (Å²) in [4.78, 5) is 11.0. The minimum atomic E-state index is -0.998. The Balaban J connectivity index is 2.07. The van der Waals surface area contributed by atoms with Gasteiger partial charge in [0.05, 0.1) is 12.3 Å². The van der Waals surface area contributed by atoms with Crippen molar-refractivity contribution in [2.45, 2.75) is 33.1 Å². The van der Waals surface area contributed by atoms with Crippen LogP contribution in [0, 0.1) is 6.92 Å². The van der Waals surface area contributed by atoms with Gasteiger partial charge in [0.2, 0.25) is 0 Å². The average Bonchev–Trinajstić information content (AvgIpc) is 2.86. The van der Waals surface area contributed by atoms with Gasteiger partial charge in [-0.2, -0.15) is 5.10 Å². The van der Waals surface area contributed by atoms with Gasteiger partial charge >= 0.3 is 5.97 Å². The van der Waals surface area contributed by atoms with E-state index in [9.17, 15) is 4.79 Å². The number of aromatic nitrogens is 2. The minimum Gasteiger partial charge on any atom is -0.494 e. The van der Waals surface area contributed by atoms with Crippen LogP contribution in [0.5, 0.6) is 5.75 Å². The number of H-pyrrole nitrogens is 1. The second-order valence-corrected chi connectivity index (χ2v) is 4.96. The Morgan fingerprint density at radius 3 is 2.57 bits per heavy atom. The Kier molecular flexibility index (Phi) is 4.98. The molecule has 1 heterocycles. The summed E-state index contributed by atoms with van der Waals surface area (Å²) in [6, 6.07) is 7.56. The molecule has 0 amide bonds. The van der Waals surface area contributed by atoms with Gasteiger partial charge in [-0.1, -0.05) is 19.8 Å². The molecule has 0 unspecified atom stereocenters. The Hall–Kier alpha value is -2.30. The van der Waals surface area contributed by atoms with Crippen LogP contribution in [0.15, 0.2) is 24.3 Å². The van der Waals surface area contributed by atoms with Crippen LogP contribution in [-0.2, 0) is 0 Å². The third-order valence-corrected chi connectivity index (χ3v) is 3.37. The summed E-state index contributed by atoms with van der Waals surface area (Å²) in [6.45, 7) is 4.63. The average molecular weight is 288 g/mol. The maximum atomic E-state index is 11.0. The molecule has 5 heteroatoms. The van der Waals surface area contributed by atoms with Gasteiger partial charge in [0, 0.05) is 11.1 Å². The smallest absolute Gasteiger partial charge is 0.354 e. The van der Waals surface area contributed by atoms with E-state index in [0.29, 0.717) is 11.3 Å². The molecule has 0 aliphatic heterocycles. The van der Waals surface area contributed by atoms with E-state index in [1.54, 1.807) is 6.92 Å². The first-order valence-corrected chi connectivity index (χ1v) is 7.15. The number of unbranched alkanes of at least 4 members (excludes halogenated alkanes) is 2. The van der Waals surface area contributed by atoms with E-state index in [2.05, 4.69) is 17.1 Å². The van der Waals surface area contributed by atoms with E-state index in [1.807, 2.05) is 24.3 Å². The highest BCUT2D eigenvalue weighted by molar-refractivity contribution is 5.89. The zero-order valence-electron chi connectivity index (χ0n) is 12.3. The quantitative estimate of drug-likeness (QED) is 0.762. The first-order chi connectivity index (χ1) is 10.1. The van der Waals surface area contributed by atoms with Gasteiger partial charge in [-0.3, -0.25) is 5.10 Å². The lowest BCUT2D eigenvalue weighted by Gasteiger charge is -2.06. The standard InChI is InChI=1S/C16H20N2O3/c1-3-4-5-10-21-13-8-6-12(7-9-13)14-11(2)15(16(19)20)18-17-14/h6-9H,3-5,10H2,1-2H3,(H,17,18)(H,19,20). The molecule has 0 aliphatic carbocycles. The van der Waals surface area contributed by atoms with E-state index < -0.39 is 5.97 Å². The van der Waals surface area contributed by atoms with Gasteiger partial charge in [0.25, 0.3) is 0 Å². The molecule has 2 aromatic rings. The summed E-state index contributed by atoms with van der Waals surface area (Å²) in [5, 5.41) is 15.7. The zero-order chi connectivity index (χ0) is 15.2. The number of ether oxygens (including phenoxy) is 1. The topological polar surface area (TPSA) is 75.2 Å². The molecule has 21 heavy (non-hydrogen) atoms. The molecular weight excluding hydrogens is 268 g/mol. The number of carbonyl (C=O) groups is 1. The summed E-state index contributed by atoms with van der Waals surface area (Å²) < 4.78 is 5.65. The molecule has 0 saturated heterocycles. The van der Waals surface area contributed by atoms with Crippen LogP contribution in [-0.4, -0.2) is 27.9 Å². The van der Waals surface area contributed by atoms with Crippen LogP contribution in [0.3, 0.4) is 0 Å². The third kappa shape index (κ3) is 3.62. The highest BCUT2D eigenvalue weighted by Crippen LogP contribution is 2.25. The molecule has 1 aromatic heterocycles. The van der Waals surface area contributed by atoms with Crippen LogP contribution in [0.4, 0.5) is 0 Å². The fraction of sp³-hybridized carbons (Fsp3) is 0.375. The van der Waals surface area contributed by atoms with Gasteiger partial charge in [-0.05, 0) is 37.6 Å². The summed E-state index contributed by atoms with van der Waals surface area (Å²) in [5.74, 6) is -0.177. The van der Waals surface area contributed by atoms with Crippen molar-refractivity contribution in [3.8, 4) is 17.0 Å². The fourth-order valence-corrected chi connectivity index (χ4v) is 2.14. The molecule has 0 bridgehead atoms. The number of rotatable bonds is 7. The number of carboxylic acid groups (broad SMARTS) is 1. The molecule has 5 nitrogen and oxygen atoms in total. The third-order valence-electron chi connectivity index (χ3n) is 3.37. The van der Waals surface area contributed by atoms with Crippen LogP contribution in [0.1, 0.15) is 42.2 Å². The maximum Gasteiger partial charge on any atom is 0.354 e. The van der Waals surface area contributed by atoms with Crippen molar-refractivity contribution in [3.05, 3.63) is 35.5 Å². The van der Waals surface area contributed by atoms with Crippen molar-refractivity contribution in [3.63, 3.8) is 0 Å². The summed E-state index contributed by atoms with van der Waals surface area (Å²) in [7, 11) is 0. The monoisotopic (exact) mass is 288 g/mol. The van der Waals surface area contributed by atoms with Crippen LogP contribution >= 0.6 is 0 Å². The SMILES string of the molecule is CCCCCOc1ccc(-c2n[nH]c(C(=O)O)c2C)cc1. The van der Waals surface area contributed by atoms with Crippen molar-refractivity contribution >= 4 is 5.97 Å². The van der Waals surface area contributed by atoms with Crippen LogP contribution in [0.2, 0.25) is 0 Å². The summed E-state index contributed by atoms with van der Waals surface area (Å²) in [6.07, 6.45) is 3.40. The normalized spacial score (nSPS) is 10.6. The second-order valence-electron chi connectivity index (χ2n) is 4.96. The molecular formula is C16H20N2O3. The van der Waals surface area contributed by atoms with Gasteiger partial charge in [-0.15, -0.1) is 0 Å². The number of aromatic carboxylic acids is 1. The Morgan fingerprint density at radius 2 is 2.00 bits per heavy atom. The van der Waals surface area contributed by atoms with E-state index >= 15 is 0 Å². The summed E-state index contributed by atoms with van der Waals surface area (Å²) >= 11 is 0. The number of carboxylic acids is 1. The van der Waals surface area contributed by atoms with E-state index in [0.717, 1.165) is 24.3 Å².